The molecule has 1 unspecified atom stereocenters. The average molecular weight is 249 g/mol. The molecule has 0 bridgehead atoms. The molecule has 0 amide bonds. The largest absolute Gasteiger partial charge is 0.388 e. The molecule has 2 aromatic rings. The van der Waals surface area contributed by atoms with Crippen molar-refractivity contribution in [1.29, 1.82) is 0 Å². The van der Waals surface area contributed by atoms with Gasteiger partial charge in [-0.2, -0.15) is 0 Å². The third kappa shape index (κ3) is 3.11. The molecule has 18 heavy (non-hydrogen) atoms. The first kappa shape index (κ1) is 12.6. The van der Waals surface area contributed by atoms with Crippen molar-refractivity contribution in [3.05, 3.63) is 65.5 Å². The van der Waals surface area contributed by atoms with Crippen molar-refractivity contribution in [2.75, 3.05) is 0 Å². The van der Waals surface area contributed by atoms with E-state index in [1.165, 1.54) is 6.07 Å². The Labute approximate surface area is 104 Å². The predicted molar refractivity (Wildman–Crippen MR) is 63.9 cm³/mol. The normalized spacial score (nSPS) is 12.4. The van der Waals surface area contributed by atoms with Crippen LogP contribution in [0, 0.1) is 11.6 Å². The Morgan fingerprint density at radius 2 is 1.78 bits per heavy atom. The van der Waals surface area contributed by atoms with E-state index in [0.29, 0.717) is 18.4 Å². The molecule has 0 aliphatic carbocycles. The van der Waals surface area contributed by atoms with E-state index in [1.54, 1.807) is 12.4 Å². The summed E-state index contributed by atoms with van der Waals surface area (Å²) >= 11 is 0. The van der Waals surface area contributed by atoms with Crippen LogP contribution in [0.5, 0.6) is 0 Å². The van der Waals surface area contributed by atoms with Gasteiger partial charge in [0.25, 0.3) is 0 Å². The second-order valence-corrected chi connectivity index (χ2v) is 4.08. The highest BCUT2D eigenvalue weighted by molar-refractivity contribution is 5.20. The molecule has 0 saturated carbocycles. The van der Waals surface area contributed by atoms with E-state index in [-0.39, 0.29) is 0 Å². The molecule has 0 spiro atoms. The fourth-order valence-corrected chi connectivity index (χ4v) is 1.74. The quantitative estimate of drug-likeness (QED) is 0.903. The van der Waals surface area contributed by atoms with E-state index in [9.17, 15) is 13.9 Å². The number of hydrogen-bond donors (Lipinski definition) is 1. The van der Waals surface area contributed by atoms with Gasteiger partial charge in [0, 0.05) is 12.4 Å². The molecule has 2 nitrogen and oxygen atoms in total. The van der Waals surface area contributed by atoms with Crippen molar-refractivity contribution in [2.24, 2.45) is 0 Å². The topological polar surface area (TPSA) is 33.1 Å². The average Bonchev–Trinajstić information content (AvgIpc) is 2.40. The minimum atomic E-state index is -0.935. The maximum Gasteiger partial charge on any atom is 0.159 e. The Morgan fingerprint density at radius 1 is 1.06 bits per heavy atom. The zero-order valence-electron chi connectivity index (χ0n) is 9.68. The maximum atomic E-state index is 13.0. The summed E-state index contributed by atoms with van der Waals surface area (Å²) in [6.45, 7) is 0. The molecular formula is C14H13F2NO. The standard InChI is InChI=1S/C14H13F2NO/c15-12-3-2-11(9-13(12)16)14(18)4-1-10-5-7-17-8-6-10/h2-3,5-9,14,18H,1,4H2. The highest BCUT2D eigenvalue weighted by atomic mass is 19.2. The number of nitrogens with zero attached hydrogens (tertiary/aromatic N) is 1. The third-order valence-corrected chi connectivity index (χ3v) is 2.78. The molecule has 2 rings (SSSR count). The smallest absolute Gasteiger partial charge is 0.159 e. The summed E-state index contributed by atoms with van der Waals surface area (Å²) in [5, 5.41) is 9.89. The molecule has 94 valence electrons. The van der Waals surface area contributed by atoms with E-state index in [2.05, 4.69) is 4.98 Å². The molecule has 0 saturated heterocycles. The van der Waals surface area contributed by atoms with Gasteiger partial charge in [-0.3, -0.25) is 4.98 Å². The molecule has 1 atom stereocenters. The SMILES string of the molecule is OC(CCc1ccncc1)c1ccc(F)c(F)c1. The molecule has 0 fully saturated rings. The van der Waals surface area contributed by atoms with Crippen LogP contribution in [0.2, 0.25) is 0 Å². The van der Waals surface area contributed by atoms with Crippen molar-refractivity contribution < 1.29 is 13.9 Å². The van der Waals surface area contributed by atoms with E-state index in [4.69, 9.17) is 0 Å². The van der Waals surface area contributed by atoms with E-state index >= 15 is 0 Å². The van der Waals surface area contributed by atoms with E-state index in [0.717, 1.165) is 17.7 Å². The van der Waals surface area contributed by atoms with Crippen LogP contribution in [0.4, 0.5) is 8.78 Å². The first-order valence-electron chi connectivity index (χ1n) is 5.69. The van der Waals surface area contributed by atoms with Gasteiger partial charge in [-0.25, -0.2) is 8.78 Å². The van der Waals surface area contributed by atoms with Gasteiger partial charge < -0.3 is 5.11 Å². The summed E-state index contributed by atoms with van der Waals surface area (Å²) < 4.78 is 25.8. The fourth-order valence-electron chi connectivity index (χ4n) is 1.74. The second kappa shape index (κ2) is 5.69. The van der Waals surface area contributed by atoms with Crippen molar-refractivity contribution >= 4 is 0 Å². The summed E-state index contributed by atoms with van der Waals surface area (Å²) in [6, 6.07) is 7.18. The van der Waals surface area contributed by atoms with Crippen molar-refractivity contribution in [3.63, 3.8) is 0 Å². The molecule has 0 aliphatic rings. The molecule has 1 aromatic carbocycles. The number of hydrogen-bond acceptors (Lipinski definition) is 2. The number of halogens is 2. The Hall–Kier alpha value is -1.81. The number of aliphatic hydroxyl groups excluding tert-OH is 1. The van der Waals surface area contributed by atoms with Crippen LogP contribution in [-0.2, 0) is 6.42 Å². The summed E-state index contributed by atoms with van der Waals surface area (Å²) in [5.74, 6) is -1.84. The summed E-state index contributed by atoms with van der Waals surface area (Å²) in [4.78, 5) is 3.90. The predicted octanol–water partition coefficient (Wildman–Crippen LogP) is 3.03. The van der Waals surface area contributed by atoms with Gasteiger partial charge in [0.2, 0.25) is 0 Å². The van der Waals surface area contributed by atoms with Gasteiger partial charge in [0.15, 0.2) is 11.6 Å². The molecule has 1 N–H and O–H groups in total. The minimum Gasteiger partial charge on any atom is -0.388 e. The number of aliphatic hydroxyl groups is 1. The van der Waals surface area contributed by atoms with Gasteiger partial charge in [-0.1, -0.05) is 6.07 Å². The van der Waals surface area contributed by atoms with Crippen LogP contribution in [0.3, 0.4) is 0 Å². The van der Waals surface area contributed by atoms with Crippen molar-refractivity contribution in [2.45, 2.75) is 18.9 Å². The Kier molecular flexibility index (Phi) is 3.99. The lowest BCUT2D eigenvalue weighted by Crippen LogP contribution is -2.01. The monoisotopic (exact) mass is 249 g/mol. The molecule has 0 aliphatic heterocycles. The molecule has 1 aromatic heterocycles. The van der Waals surface area contributed by atoms with Crippen molar-refractivity contribution in [1.82, 2.24) is 4.98 Å². The van der Waals surface area contributed by atoms with Gasteiger partial charge in [-0.15, -0.1) is 0 Å². The number of pyridine rings is 1. The number of aromatic nitrogens is 1. The van der Waals surface area contributed by atoms with E-state index < -0.39 is 17.7 Å². The zero-order chi connectivity index (χ0) is 13.0. The van der Waals surface area contributed by atoms with Gasteiger partial charge in [-0.05, 0) is 48.2 Å². The molecular weight excluding hydrogens is 236 g/mol. The van der Waals surface area contributed by atoms with Crippen LogP contribution in [-0.4, -0.2) is 10.1 Å². The third-order valence-electron chi connectivity index (χ3n) is 2.78. The lowest BCUT2D eigenvalue weighted by Gasteiger charge is -2.11. The zero-order valence-corrected chi connectivity index (χ0v) is 9.68. The first-order chi connectivity index (χ1) is 8.66. The van der Waals surface area contributed by atoms with Crippen LogP contribution in [0.25, 0.3) is 0 Å². The van der Waals surface area contributed by atoms with Gasteiger partial charge in [0.1, 0.15) is 0 Å². The molecule has 1 heterocycles. The maximum absolute atomic E-state index is 13.0. The highest BCUT2D eigenvalue weighted by Crippen LogP contribution is 2.20. The van der Waals surface area contributed by atoms with Gasteiger partial charge >= 0.3 is 0 Å². The first-order valence-corrected chi connectivity index (χ1v) is 5.69. The number of rotatable bonds is 4. The Balaban J connectivity index is 1.99. The van der Waals surface area contributed by atoms with E-state index in [1.807, 2.05) is 12.1 Å². The molecule has 4 heteroatoms. The molecule has 0 radical (unpaired) electrons. The lowest BCUT2D eigenvalue weighted by molar-refractivity contribution is 0.167. The fraction of sp³-hybridized carbons (Fsp3) is 0.214. The summed E-state index contributed by atoms with van der Waals surface area (Å²) in [6.07, 6.45) is 3.67. The summed E-state index contributed by atoms with van der Waals surface area (Å²) in [7, 11) is 0. The van der Waals surface area contributed by atoms with Crippen molar-refractivity contribution in [3.8, 4) is 0 Å². The summed E-state index contributed by atoms with van der Waals surface area (Å²) in [5.41, 5.74) is 1.44. The van der Waals surface area contributed by atoms with Crippen LogP contribution >= 0.6 is 0 Å². The highest BCUT2D eigenvalue weighted by Gasteiger charge is 2.10. The minimum absolute atomic E-state index is 0.392. The van der Waals surface area contributed by atoms with Crippen LogP contribution < -0.4 is 0 Å². The van der Waals surface area contributed by atoms with Gasteiger partial charge in [0.05, 0.1) is 6.10 Å². The number of benzene rings is 1. The lowest BCUT2D eigenvalue weighted by atomic mass is 10.0. The number of aryl methyl sites for hydroxylation is 1. The van der Waals surface area contributed by atoms with Crippen LogP contribution in [0.1, 0.15) is 23.7 Å². The van der Waals surface area contributed by atoms with Crippen LogP contribution in [0.15, 0.2) is 42.7 Å². The Bertz CT molecular complexity index is 516. The second-order valence-electron chi connectivity index (χ2n) is 4.08. The Morgan fingerprint density at radius 3 is 2.44 bits per heavy atom.